The van der Waals surface area contributed by atoms with Gasteiger partial charge < -0.3 is 10.2 Å². The first-order chi connectivity index (χ1) is 11.8. The molecule has 0 aromatic carbocycles. The summed E-state index contributed by atoms with van der Waals surface area (Å²) in [6.45, 7) is 4.07. The highest BCUT2D eigenvalue weighted by Gasteiger charge is 2.16. The van der Waals surface area contributed by atoms with Crippen LogP contribution >= 0.6 is 11.8 Å². The number of nitrogens with zero attached hydrogens (tertiary/aromatic N) is 4. The van der Waals surface area contributed by atoms with E-state index in [0.29, 0.717) is 11.5 Å². The summed E-state index contributed by atoms with van der Waals surface area (Å²) in [7, 11) is 0. The molecule has 6 nitrogen and oxygen atoms in total. The third-order valence-electron chi connectivity index (χ3n) is 3.82. The Morgan fingerprint density at radius 2 is 2.17 bits per heavy atom. The average molecular weight is 343 g/mol. The van der Waals surface area contributed by atoms with Crippen LogP contribution in [0.2, 0.25) is 0 Å². The molecule has 24 heavy (non-hydrogen) atoms. The van der Waals surface area contributed by atoms with Gasteiger partial charge in [-0.05, 0) is 36.3 Å². The first-order valence-corrected chi connectivity index (χ1v) is 9.33. The van der Waals surface area contributed by atoms with Crippen LogP contribution in [-0.2, 0) is 5.75 Å². The molecule has 0 bridgehead atoms. The third-order valence-corrected chi connectivity index (χ3v) is 4.77. The molecule has 3 heterocycles. The summed E-state index contributed by atoms with van der Waals surface area (Å²) in [5.74, 6) is 3.00. The van der Waals surface area contributed by atoms with Gasteiger partial charge in [0.25, 0.3) is 5.91 Å². The lowest BCUT2D eigenvalue weighted by molar-refractivity contribution is 0.102. The van der Waals surface area contributed by atoms with E-state index in [1.165, 1.54) is 6.20 Å². The van der Waals surface area contributed by atoms with Crippen molar-refractivity contribution in [2.75, 3.05) is 29.1 Å². The molecule has 2 aromatic rings. The molecule has 1 aliphatic rings. The number of thioether (sulfide) groups is 1. The zero-order chi connectivity index (χ0) is 16.8. The number of aromatic nitrogens is 3. The van der Waals surface area contributed by atoms with Crippen molar-refractivity contribution >= 4 is 29.3 Å². The molecule has 1 N–H and O–H groups in total. The van der Waals surface area contributed by atoms with Gasteiger partial charge in [-0.25, -0.2) is 9.97 Å². The number of carbonyl (C=O) groups is 1. The van der Waals surface area contributed by atoms with Crippen molar-refractivity contribution in [1.29, 1.82) is 0 Å². The standard InChI is InChI=1S/C17H21N5OS/c1-2-24-12-13-5-6-19-15(9-13)21-17(23)14-10-18-11-16(20-14)22-7-3-4-8-22/h5-6,9-11H,2-4,7-8,12H2,1H3,(H,19,21,23). The molecule has 0 spiro atoms. The number of hydrogen-bond donors (Lipinski definition) is 1. The second-order valence-electron chi connectivity index (χ2n) is 5.60. The number of pyridine rings is 1. The molecular weight excluding hydrogens is 322 g/mol. The van der Waals surface area contributed by atoms with Gasteiger partial charge in [-0.15, -0.1) is 0 Å². The van der Waals surface area contributed by atoms with Crippen molar-refractivity contribution in [2.24, 2.45) is 0 Å². The van der Waals surface area contributed by atoms with Gasteiger partial charge in [0.05, 0.1) is 12.4 Å². The van der Waals surface area contributed by atoms with Crippen molar-refractivity contribution in [2.45, 2.75) is 25.5 Å². The van der Waals surface area contributed by atoms with Gasteiger partial charge in [0, 0.05) is 25.0 Å². The molecular formula is C17H21N5OS. The second-order valence-corrected chi connectivity index (χ2v) is 6.87. The number of carbonyl (C=O) groups excluding carboxylic acids is 1. The molecule has 1 saturated heterocycles. The molecule has 3 rings (SSSR count). The first kappa shape index (κ1) is 16.7. The molecule has 2 aromatic heterocycles. The van der Waals surface area contributed by atoms with Crippen LogP contribution < -0.4 is 10.2 Å². The van der Waals surface area contributed by atoms with E-state index in [2.05, 4.69) is 32.1 Å². The molecule has 0 saturated carbocycles. The molecule has 7 heteroatoms. The largest absolute Gasteiger partial charge is 0.355 e. The lowest BCUT2D eigenvalue weighted by atomic mass is 10.3. The lowest BCUT2D eigenvalue weighted by Gasteiger charge is -2.16. The average Bonchev–Trinajstić information content (AvgIpc) is 3.15. The van der Waals surface area contributed by atoms with Crippen molar-refractivity contribution in [3.63, 3.8) is 0 Å². The molecule has 126 valence electrons. The highest BCUT2D eigenvalue weighted by Crippen LogP contribution is 2.18. The highest BCUT2D eigenvalue weighted by molar-refractivity contribution is 7.98. The van der Waals surface area contributed by atoms with E-state index in [1.807, 2.05) is 23.9 Å². The van der Waals surface area contributed by atoms with Crippen molar-refractivity contribution in [1.82, 2.24) is 15.0 Å². The van der Waals surface area contributed by atoms with Gasteiger partial charge in [0.15, 0.2) is 0 Å². The second kappa shape index (κ2) is 8.10. The van der Waals surface area contributed by atoms with Crippen LogP contribution in [0.15, 0.2) is 30.7 Å². The minimum Gasteiger partial charge on any atom is -0.355 e. The van der Waals surface area contributed by atoms with Crippen LogP contribution in [0.25, 0.3) is 0 Å². The number of nitrogens with one attached hydrogen (secondary N) is 1. The zero-order valence-electron chi connectivity index (χ0n) is 13.7. The summed E-state index contributed by atoms with van der Waals surface area (Å²) >= 11 is 1.83. The predicted molar refractivity (Wildman–Crippen MR) is 97.5 cm³/mol. The van der Waals surface area contributed by atoms with Crippen LogP contribution in [0, 0.1) is 0 Å². The van der Waals surface area contributed by atoms with E-state index < -0.39 is 0 Å². The summed E-state index contributed by atoms with van der Waals surface area (Å²) in [6, 6.07) is 3.87. The molecule has 0 aliphatic carbocycles. The van der Waals surface area contributed by atoms with Crippen LogP contribution in [0.3, 0.4) is 0 Å². The normalized spacial score (nSPS) is 14.0. The minimum atomic E-state index is -0.281. The van der Waals surface area contributed by atoms with Crippen LogP contribution in [0.1, 0.15) is 35.8 Å². The van der Waals surface area contributed by atoms with E-state index in [1.54, 1.807) is 12.4 Å². The van der Waals surface area contributed by atoms with Crippen LogP contribution in [0.4, 0.5) is 11.6 Å². The van der Waals surface area contributed by atoms with Gasteiger partial charge in [-0.3, -0.25) is 9.78 Å². The van der Waals surface area contributed by atoms with Gasteiger partial charge in [-0.2, -0.15) is 11.8 Å². The van der Waals surface area contributed by atoms with E-state index in [4.69, 9.17) is 0 Å². The number of rotatable bonds is 6. The minimum absolute atomic E-state index is 0.281. The van der Waals surface area contributed by atoms with E-state index in [-0.39, 0.29) is 5.91 Å². The number of amides is 1. The quantitative estimate of drug-likeness (QED) is 0.869. The fraction of sp³-hybridized carbons (Fsp3) is 0.412. The van der Waals surface area contributed by atoms with Crippen molar-refractivity contribution < 1.29 is 4.79 Å². The Kier molecular flexibility index (Phi) is 5.63. The maximum Gasteiger partial charge on any atom is 0.277 e. The van der Waals surface area contributed by atoms with E-state index in [0.717, 1.165) is 48.8 Å². The molecule has 1 aliphatic heterocycles. The topological polar surface area (TPSA) is 71.0 Å². The smallest absolute Gasteiger partial charge is 0.277 e. The number of hydrogen-bond acceptors (Lipinski definition) is 6. The van der Waals surface area contributed by atoms with Gasteiger partial charge in [0.2, 0.25) is 0 Å². The molecule has 1 amide bonds. The van der Waals surface area contributed by atoms with E-state index in [9.17, 15) is 4.79 Å². The Morgan fingerprint density at radius 3 is 2.96 bits per heavy atom. The van der Waals surface area contributed by atoms with Crippen molar-refractivity contribution in [3.8, 4) is 0 Å². The van der Waals surface area contributed by atoms with Gasteiger partial charge in [-0.1, -0.05) is 6.92 Å². The summed E-state index contributed by atoms with van der Waals surface area (Å²) < 4.78 is 0. The highest BCUT2D eigenvalue weighted by atomic mass is 32.2. The Morgan fingerprint density at radius 1 is 1.33 bits per heavy atom. The Labute approximate surface area is 146 Å². The monoisotopic (exact) mass is 343 g/mol. The molecule has 1 fully saturated rings. The predicted octanol–water partition coefficient (Wildman–Crippen LogP) is 2.98. The number of anilines is 2. The van der Waals surface area contributed by atoms with Crippen LogP contribution in [0.5, 0.6) is 0 Å². The third kappa shape index (κ3) is 4.23. The Bertz CT molecular complexity index is 703. The summed E-state index contributed by atoms with van der Waals surface area (Å²) in [5.41, 5.74) is 1.46. The Balaban J connectivity index is 1.69. The maximum atomic E-state index is 12.4. The Hall–Kier alpha value is -2.15. The molecule has 0 radical (unpaired) electrons. The maximum absolute atomic E-state index is 12.4. The first-order valence-electron chi connectivity index (χ1n) is 8.17. The summed E-state index contributed by atoms with van der Waals surface area (Å²) in [5, 5.41) is 2.81. The lowest BCUT2D eigenvalue weighted by Crippen LogP contribution is -2.22. The van der Waals surface area contributed by atoms with Gasteiger partial charge in [0.1, 0.15) is 17.3 Å². The zero-order valence-corrected chi connectivity index (χ0v) is 14.6. The fourth-order valence-electron chi connectivity index (χ4n) is 2.60. The SMILES string of the molecule is CCSCc1ccnc(NC(=O)c2cncc(N3CCCC3)n2)c1. The fourth-order valence-corrected chi connectivity index (χ4v) is 3.22. The van der Waals surface area contributed by atoms with Crippen LogP contribution in [-0.4, -0.2) is 39.7 Å². The molecule has 0 unspecified atom stereocenters. The van der Waals surface area contributed by atoms with Gasteiger partial charge >= 0.3 is 0 Å². The van der Waals surface area contributed by atoms with E-state index >= 15 is 0 Å². The van der Waals surface area contributed by atoms with Crippen molar-refractivity contribution in [3.05, 3.63) is 42.0 Å². The summed E-state index contributed by atoms with van der Waals surface area (Å²) in [4.78, 5) is 27.4. The molecule has 0 atom stereocenters. The summed E-state index contributed by atoms with van der Waals surface area (Å²) in [6.07, 6.45) is 7.23.